The van der Waals surface area contributed by atoms with Crippen LogP contribution < -0.4 is 11.2 Å². The molecule has 7 heteroatoms. The molecule has 7 nitrogen and oxygen atoms in total. The largest absolute Gasteiger partial charge is 0.494 e. The number of aromatic amines is 2. The first-order valence-electron chi connectivity index (χ1n) is 6.14. The number of aliphatic imine (C=N–C) groups is 1. The predicted molar refractivity (Wildman–Crippen MR) is 73.9 cm³/mol. The minimum absolute atomic E-state index is 0.0449. The molecular formula is C12H21N4O3+. The van der Waals surface area contributed by atoms with Gasteiger partial charge in [-0.15, -0.1) is 0 Å². The van der Waals surface area contributed by atoms with Crippen LogP contribution in [0.25, 0.3) is 0 Å². The number of rotatable bonds is 5. The SMILES string of the molecule is CCC(=NCC[N+](C)(C)C)c1c(O)[nH]c(=O)[nH]c1=O. The molecule has 1 aromatic heterocycles. The number of quaternary nitrogens is 1. The molecule has 0 atom stereocenters. The second-order valence-corrected chi connectivity index (χ2v) is 5.33. The summed E-state index contributed by atoms with van der Waals surface area (Å²) in [6.45, 7) is 3.20. The summed E-state index contributed by atoms with van der Waals surface area (Å²) in [4.78, 5) is 31.3. The Morgan fingerprint density at radius 1 is 1.26 bits per heavy atom. The van der Waals surface area contributed by atoms with Gasteiger partial charge in [-0.2, -0.15) is 0 Å². The topological polar surface area (TPSA) is 98.3 Å². The van der Waals surface area contributed by atoms with E-state index < -0.39 is 17.1 Å². The molecule has 19 heavy (non-hydrogen) atoms. The first kappa shape index (κ1) is 15.2. The molecule has 0 aliphatic heterocycles. The van der Waals surface area contributed by atoms with Gasteiger partial charge in [0.15, 0.2) is 0 Å². The van der Waals surface area contributed by atoms with Crippen LogP contribution in [0.1, 0.15) is 18.9 Å². The molecule has 0 bridgehead atoms. The Kier molecular flexibility index (Phi) is 4.66. The van der Waals surface area contributed by atoms with Gasteiger partial charge in [0, 0.05) is 0 Å². The van der Waals surface area contributed by atoms with Crippen LogP contribution in [0.15, 0.2) is 14.6 Å². The molecule has 0 aliphatic carbocycles. The van der Waals surface area contributed by atoms with E-state index in [1.54, 1.807) is 0 Å². The van der Waals surface area contributed by atoms with Crippen molar-refractivity contribution in [2.24, 2.45) is 4.99 Å². The standard InChI is InChI=1S/C12H20N4O3/c1-5-8(13-6-7-16(2,3)4)9-10(17)14-12(19)15-11(9)18/h5-7H2,1-4H3,(H2-,13,14,15,17,18,19)/p+1. The first-order valence-corrected chi connectivity index (χ1v) is 6.14. The lowest BCUT2D eigenvalue weighted by Gasteiger charge is -2.22. The second-order valence-electron chi connectivity index (χ2n) is 5.33. The third-order valence-corrected chi connectivity index (χ3v) is 2.62. The van der Waals surface area contributed by atoms with Crippen LogP contribution in [0, 0.1) is 0 Å². The number of nitrogens with one attached hydrogen (secondary N) is 2. The molecule has 0 aromatic carbocycles. The van der Waals surface area contributed by atoms with Crippen LogP contribution in [0.4, 0.5) is 0 Å². The predicted octanol–water partition coefficient (Wildman–Crippen LogP) is -0.326. The van der Waals surface area contributed by atoms with E-state index in [-0.39, 0.29) is 5.56 Å². The van der Waals surface area contributed by atoms with Crippen molar-refractivity contribution in [2.45, 2.75) is 13.3 Å². The number of aromatic nitrogens is 2. The quantitative estimate of drug-likeness (QED) is 0.504. The number of aromatic hydroxyl groups is 1. The summed E-state index contributed by atoms with van der Waals surface area (Å²) in [6, 6.07) is 0. The summed E-state index contributed by atoms with van der Waals surface area (Å²) in [5, 5.41) is 9.67. The molecule has 0 fully saturated rings. The van der Waals surface area contributed by atoms with E-state index >= 15 is 0 Å². The van der Waals surface area contributed by atoms with Crippen LogP contribution in [0.2, 0.25) is 0 Å². The average molecular weight is 269 g/mol. The van der Waals surface area contributed by atoms with Crippen LogP contribution in [0.5, 0.6) is 5.88 Å². The van der Waals surface area contributed by atoms with Crippen molar-refractivity contribution in [2.75, 3.05) is 34.2 Å². The van der Waals surface area contributed by atoms with Crippen molar-refractivity contribution >= 4 is 5.71 Å². The van der Waals surface area contributed by atoms with Gasteiger partial charge < -0.3 is 9.59 Å². The molecule has 0 radical (unpaired) electrons. The summed E-state index contributed by atoms with van der Waals surface area (Å²) in [5.41, 5.74) is -0.813. The zero-order chi connectivity index (χ0) is 14.6. The highest BCUT2D eigenvalue weighted by Crippen LogP contribution is 2.09. The fourth-order valence-electron chi connectivity index (χ4n) is 1.59. The Balaban J connectivity index is 3.08. The van der Waals surface area contributed by atoms with Gasteiger partial charge in [-0.25, -0.2) is 4.79 Å². The molecule has 0 saturated carbocycles. The highest BCUT2D eigenvalue weighted by molar-refractivity contribution is 6.01. The Hall–Kier alpha value is -1.89. The third kappa shape index (κ3) is 4.36. The van der Waals surface area contributed by atoms with E-state index in [1.165, 1.54) is 0 Å². The van der Waals surface area contributed by atoms with Gasteiger partial charge in [0.05, 0.1) is 39.9 Å². The molecule has 1 aromatic rings. The van der Waals surface area contributed by atoms with Gasteiger partial charge in [0.1, 0.15) is 5.56 Å². The molecule has 1 rings (SSSR count). The Labute approximate surface area is 111 Å². The highest BCUT2D eigenvalue weighted by Gasteiger charge is 2.14. The molecule has 0 amide bonds. The number of likely N-dealkylation sites (N-methyl/N-ethyl adjacent to an activating group) is 1. The van der Waals surface area contributed by atoms with Crippen LogP contribution in [-0.4, -0.2) is 59.5 Å². The zero-order valence-electron chi connectivity index (χ0n) is 11.8. The summed E-state index contributed by atoms with van der Waals surface area (Å²) in [5.74, 6) is -0.431. The second kappa shape index (κ2) is 5.83. The van der Waals surface area contributed by atoms with Gasteiger partial charge in [0.2, 0.25) is 5.88 Å². The van der Waals surface area contributed by atoms with Gasteiger partial charge in [0.25, 0.3) is 5.56 Å². The Morgan fingerprint density at radius 3 is 2.37 bits per heavy atom. The lowest BCUT2D eigenvalue weighted by Crippen LogP contribution is -2.37. The van der Waals surface area contributed by atoms with Crippen LogP contribution >= 0.6 is 0 Å². The van der Waals surface area contributed by atoms with Crippen molar-refractivity contribution in [1.29, 1.82) is 0 Å². The maximum absolute atomic E-state index is 11.7. The fourth-order valence-corrected chi connectivity index (χ4v) is 1.59. The van der Waals surface area contributed by atoms with E-state index in [4.69, 9.17) is 0 Å². The van der Waals surface area contributed by atoms with Gasteiger partial charge in [-0.3, -0.25) is 19.8 Å². The highest BCUT2D eigenvalue weighted by atomic mass is 16.3. The lowest BCUT2D eigenvalue weighted by molar-refractivity contribution is -0.868. The maximum atomic E-state index is 11.7. The summed E-state index contributed by atoms with van der Waals surface area (Å²) >= 11 is 0. The minimum atomic E-state index is -0.729. The first-order chi connectivity index (χ1) is 8.74. The summed E-state index contributed by atoms with van der Waals surface area (Å²) in [7, 11) is 6.14. The summed E-state index contributed by atoms with van der Waals surface area (Å²) in [6.07, 6.45) is 0.500. The molecule has 3 N–H and O–H groups in total. The van der Waals surface area contributed by atoms with E-state index in [0.717, 1.165) is 11.0 Å². The lowest BCUT2D eigenvalue weighted by atomic mass is 10.1. The Bertz CT molecular complexity index is 578. The molecular weight excluding hydrogens is 248 g/mol. The normalized spacial score (nSPS) is 12.7. The average Bonchev–Trinajstić information content (AvgIpc) is 2.23. The maximum Gasteiger partial charge on any atom is 0.328 e. The van der Waals surface area contributed by atoms with Gasteiger partial charge in [-0.05, 0) is 6.42 Å². The molecule has 106 valence electrons. The van der Waals surface area contributed by atoms with Crippen LogP contribution in [-0.2, 0) is 0 Å². The van der Waals surface area contributed by atoms with E-state index in [1.807, 2.05) is 28.1 Å². The Morgan fingerprint density at radius 2 is 1.89 bits per heavy atom. The van der Waals surface area contributed by atoms with Crippen molar-refractivity contribution in [3.05, 3.63) is 26.4 Å². The molecule has 1 heterocycles. The monoisotopic (exact) mass is 269 g/mol. The van der Waals surface area contributed by atoms with Gasteiger partial charge >= 0.3 is 5.69 Å². The van der Waals surface area contributed by atoms with E-state index in [0.29, 0.717) is 18.7 Å². The molecule has 0 aliphatic rings. The van der Waals surface area contributed by atoms with E-state index in [2.05, 4.69) is 15.0 Å². The van der Waals surface area contributed by atoms with Crippen molar-refractivity contribution in [3.63, 3.8) is 0 Å². The molecule has 0 spiro atoms. The molecule has 0 unspecified atom stereocenters. The number of H-pyrrole nitrogens is 2. The third-order valence-electron chi connectivity index (χ3n) is 2.62. The smallest absolute Gasteiger partial charge is 0.328 e. The number of nitrogens with zero attached hydrogens (tertiary/aromatic N) is 2. The van der Waals surface area contributed by atoms with Crippen molar-refractivity contribution in [1.82, 2.24) is 9.97 Å². The van der Waals surface area contributed by atoms with Crippen molar-refractivity contribution < 1.29 is 9.59 Å². The fraction of sp³-hybridized carbons (Fsp3) is 0.583. The zero-order valence-corrected chi connectivity index (χ0v) is 11.8. The number of hydrogen-bond acceptors (Lipinski definition) is 4. The van der Waals surface area contributed by atoms with Crippen LogP contribution in [0.3, 0.4) is 0 Å². The van der Waals surface area contributed by atoms with E-state index in [9.17, 15) is 14.7 Å². The van der Waals surface area contributed by atoms with Gasteiger partial charge in [-0.1, -0.05) is 6.92 Å². The summed E-state index contributed by atoms with van der Waals surface area (Å²) < 4.78 is 0.758. The van der Waals surface area contributed by atoms with Crippen molar-refractivity contribution in [3.8, 4) is 5.88 Å². The number of hydrogen-bond donors (Lipinski definition) is 3. The molecule has 0 saturated heterocycles. The minimum Gasteiger partial charge on any atom is -0.494 e.